The number of benzene rings is 2. The summed E-state index contributed by atoms with van der Waals surface area (Å²) < 4.78 is 14.9. The number of nitrogens with one attached hydrogen (secondary N) is 3. The lowest BCUT2D eigenvalue weighted by Gasteiger charge is -2.45. The minimum Gasteiger partial charge on any atom is -0.379 e. The van der Waals surface area contributed by atoms with Gasteiger partial charge in [0.1, 0.15) is 17.2 Å². The molecule has 6 nitrogen and oxygen atoms in total. The van der Waals surface area contributed by atoms with Gasteiger partial charge in [0, 0.05) is 28.5 Å². The van der Waals surface area contributed by atoms with Gasteiger partial charge in [0.2, 0.25) is 0 Å². The normalized spacial score (nSPS) is 22.7. The minimum absolute atomic E-state index is 0.00229. The van der Waals surface area contributed by atoms with E-state index in [0.717, 1.165) is 53.5 Å². The largest absolute Gasteiger partial charge is 0.379 e. The highest BCUT2D eigenvalue weighted by atomic mass is 79.9. The standard InChI is InChI=1S/C23H20BrClFN5O/c24-12-1-2-16-13(7-12)21(27-19-10-31-5-3-11(19)4-6-31)20(23(32)30-16)22-28-17-8-14(25)15(26)9-18(17)29-22/h1-2,7-9,11,19H,3-6,10H2,(H,28,29)(H2,27,30,32)/t19-/m0/s1. The summed E-state index contributed by atoms with van der Waals surface area (Å²) in [6, 6.07) is 8.81. The van der Waals surface area contributed by atoms with E-state index in [2.05, 4.69) is 41.1 Å². The van der Waals surface area contributed by atoms with Crippen molar-refractivity contribution in [3.05, 3.63) is 56.0 Å². The Morgan fingerprint density at radius 3 is 2.72 bits per heavy atom. The summed E-state index contributed by atoms with van der Waals surface area (Å²) >= 11 is 9.51. The van der Waals surface area contributed by atoms with Gasteiger partial charge in [0.05, 0.1) is 27.3 Å². The van der Waals surface area contributed by atoms with Crippen LogP contribution < -0.4 is 10.9 Å². The van der Waals surface area contributed by atoms with Crippen LogP contribution in [0, 0.1) is 11.7 Å². The second-order valence-electron chi connectivity index (χ2n) is 8.65. The Morgan fingerprint density at radius 2 is 1.97 bits per heavy atom. The average Bonchev–Trinajstić information content (AvgIpc) is 3.17. The number of aromatic amines is 2. The minimum atomic E-state index is -0.531. The zero-order valence-corrected chi connectivity index (χ0v) is 19.4. The van der Waals surface area contributed by atoms with Crippen molar-refractivity contribution in [3.8, 4) is 11.4 Å². The fourth-order valence-corrected chi connectivity index (χ4v) is 5.60. The summed E-state index contributed by atoms with van der Waals surface area (Å²) in [5.41, 5.74) is 2.65. The molecule has 0 radical (unpaired) electrons. The molecule has 3 saturated heterocycles. The number of rotatable bonds is 3. The molecule has 2 bridgehead atoms. The lowest BCUT2D eigenvalue weighted by molar-refractivity contribution is 0.0976. The summed E-state index contributed by atoms with van der Waals surface area (Å²) in [4.78, 5) is 26.4. The Morgan fingerprint density at radius 1 is 1.16 bits per heavy atom. The van der Waals surface area contributed by atoms with Crippen molar-refractivity contribution in [1.29, 1.82) is 0 Å². The molecule has 7 rings (SSSR count). The van der Waals surface area contributed by atoms with E-state index in [1.54, 1.807) is 0 Å². The lowest BCUT2D eigenvalue weighted by Crippen LogP contribution is -2.53. The molecule has 2 aromatic heterocycles. The van der Waals surface area contributed by atoms with E-state index < -0.39 is 5.82 Å². The topological polar surface area (TPSA) is 76.8 Å². The van der Waals surface area contributed by atoms with Gasteiger partial charge >= 0.3 is 0 Å². The van der Waals surface area contributed by atoms with Gasteiger partial charge in [-0.1, -0.05) is 27.5 Å². The number of fused-ring (bicyclic) bond motifs is 5. The van der Waals surface area contributed by atoms with Crippen molar-refractivity contribution in [3.63, 3.8) is 0 Å². The molecule has 2 aromatic carbocycles. The third-order valence-electron chi connectivity index (χ3n) is 6.72. The molecule has 164 valence electrons. The molecule has 3 N–H and O–H groups in total. The first-order valence-electron chi connectivity index (χ1n) is 10.7. The van der Waals surface area contributed by atoms with Crippen LogP contribution in [-0.2, 0) is 0 Å². The van der Waals surface area contributed by atoms with Gasteiger partial charge < -0.3 is 20.2 Å². The lowest BCUT2D eigenvalue weighted by atomic mass is 9.83. The first kappa shape index (κ1) is 20.2. The maximum atomic E-state index is 14.0. The van der Waals surface area contributed by atoms with Crippen molar-refractivity contribution >= 4 is 55.2 Å². The van der Waals surface area contributed by atoms with Crippen molar-refractivity contribution in [2.24, 2.45) is 5.92 Å². The second-order valence-corrected chi connectivity index (χ2v) is 9.97. The smallest absolute Gasteiger partial charge is 0.261 e. The van der Waals surface area contributed by atoms with Gasteiger partial charge in [0.15, 0.2) is 0 Å². The van der Waals surface area contributed by atoms with Crippen molar-refractivity contribution < 1.29 is 4.39 Å². The number of pyridine rings is 1. The molecular weight excluding hydrogens is 497 g/mol. The van der Waals surface area contributed by atoms with Crippen molar-refractivity contribution in [1.82, 2.24) is 19.9 Å². The quantitative estimate of drug-likeness (QED) is 0.353. The van der Waals surface area contributed by atoms with Gasteiger partial charge in [0.25, 0.3) is 5.56 Å². The zero-order valence-electron chi connectivity index (χ0n) is 17.0. The Kier molecular flexibility index (Phi) is 4.78. The van der Waals surface area contributed by atoms with Crippen LogP contribution in [0.5, 0.6) is 0 Å². The second kappa shape index (κ2) is 7.57. The molecular formula is C23H20BrClFN5O. The third-order valence-corrected chi connectivity index (χ3v) is 7.51. The molecule has 0 spiro atoms. The predicted molar refractivity (Wildman–Crippen MR) is 129 cm³/mol. The fraction of sp³-hybridized carbons (Fsp3) is 0.304. The summed E-state index contributed by atoms with van der Waals surface area (Å²) in [7, 11) is 0. The Balaban J connectivity index is 1.56. The molecule has 0 amide bonds. The molecule has 9 heteroatoms. The number of piperidine rings is 3. The number of aromatic nitrogens is 3. The van der Waals surface area contributed by atoms with Crippen LogP contribution in [0.4, 0.5) is 10.1 Å². The Hall–Kier alpha value is -2.42. The number of imidazole rings is 1. The maximum absolute atomic E-state index is 14.0. The Bertz CT molecular complexity index is 1390. The number of hydrogen-bond donors (Lipinski definition) is 3. The number of halogens is 3. The van der Waals surface area contributed by atoms with E-state index in [1.807, 2.05) is 18.2 Å². The van der Waals surface area contributed by atoms with Gasteiger partial charge in [-0.05, 0) is 56.1 Å². The molecule has 0 saturated carbocycles. The predicted octanol–water partition coefficient (Wildman–Crippen LogP) is 5.13. The first-order chi connectivity index (χ1) is 15.5. The van der Waals surface area contributed by atoms with Crippen LogP contribution >= 0.6 is 27.5 Å². The molecule has 3 fully saturated rings. The molecule has 3 aliphatic rings. The van der Waals surface area contributed by atoms with Crippen LogP contribution in [-0.4, -0.2) is 45.5 Å². The van der Waals surface area contributed by atoms with Crippen LogP contribution in [0.15, 0.2) is 39.6 Å². The summed E-state index contributed by atoms with van der Waals surface area (Å²) in [6.45, 7) is 3.22. The van der Waals surface area contributed by atoms with E-state index in [1.165, 1.54) is 12.1 Å². The molecule has 1 atom stereocenters. The van der Waals surface area contributed by atoms with E-state index in [4.69, 9.17) is 11.6 Å². The van der Waals surface area contributed by atoms with Crippen LogP contribution in [0.3, 0.4) is 0 Å². The molecule has 4 aromatic rings. The van der Waals surface area contributed by atoms with E-state index in [0.29, 0.717) is 28.3 Å². The highest BCUT2D eigenvalue weighted by Crippen LogP contribution is 2.36. The summed E-state index contributed by atoms with van der Waals surface area (Å²) in [6.07, 6.45) is 2.31. The average molecular weight is 517 g/mol. The Labute approximate surface area is 196 Å². The van der Waals surface area contributed by atoms with Crippen LogP contribution in [0.1, 0.15) is 12.8 Å². The number of H-pyrrole nitrogens is 2. The molecule has 5 heterocycles. The zero-order chi connectivity index (χ0) is 22.0. The van der Waals surface area contributed by atoms with Crippen LogP contribution in [0.25, 0.3) is 33.3 Å². The third kappa shape index (κ3) is 3.32. The highest BCUT2D eigenvalue weighted by molar-refractivity contribution is 9.10. The SMILES string of the molecule is O=c1[nH]c2ccc(Br)cc2c(N[C@H]2CN3CCC2CC3)c1-c1nc2cc(Cl)c(F)cc2[nH]1. The molecule has 3 aliphatic heterocycles. The number of nitrogens with zero attached hydrogens (tertiary/aromatic N) is 2. The first-order valence-corrected chi connectivity index (χ1v) is 11.8. The summed E-state index contributed by atoms with van der Waals surface area (Å²) in [5, 5.41) is 4.61. The number of anilines is 1. The maximum Gasteiger partial charge on any atom is 0.261 e. The van der Waals surface area contributed by atoms with Gasteiger partial charge in [-0.3, -0.25) is 4.79 Å². The highest BCUT2D eigenvalue weighted by Gasteiger charge is 2.35. The van der Waals surface area contributed by atoms with Gasteiger partial charge in [-0.2, -0.15) is 0 Å². The number of hydrogen-bond acceptors (Lipinski definition) is 4. The fourth-order valence-electron chi connectivity index (χ4n) is 5.08. The van der Waals surface area contributed by atoms with E-state index in [-0.39, 0.29) is 16.6 Å². The van der Waals surface area contributed by atoms with E-state index >= 15 is 0 Å². The molecule has 32 heavy (non-hydrogen) atoms. The van der Waals surface area contributed by atoms with Gasteiger partial charge in [-0.25, -0.2) is 9.37 Å². The summed E-state index contributed by atoms with van der Waals surface area (Å²) in [5.74, 6) is 0.419. The molecule has 0 unspecified atom stereocenters. The van der Waals surface area contributed by atoms with Crippen LogP contribution in [0.2, 0.25) is 5.02 Å². The van der Waals surface area contributed by atoms with E-state index in [9.17, 15) is 9.18 Å². The molecule has 0 aliphatic carbocycles. The monoisotopic (exact) mass is 515 g/mol. The van der Waals surface area contributed by atoms with Crippen molar-refractivity contribution in [2.75, 3.05) is 25.0 Å². The van der Waals surface area contributed by atoms with Crippen molar-refractivity contribution in [2.45, 2.75) is 18.9 Å². The van der Waals surface area contributed by atoms with Gasteiger partial charge in [-0.15, -0.1) is 0 Å².